The van der Waals surface area contributed by atoms with E-state index >= 15 is 0 Å². The van der Waals surface area contributed by atoms with Crippen LogP contribution in [0.2, 0.25) is 0 Å². The summed E-state index contributed by atoms with van der Waals surface area (Å²) < 4.78 is 0. The van der Waals surface area contributed by atoms with Crippen LogP contribution in [0.3, 0.4) is 0 Å². The average Bonchev–Trinajstić information content (AvgIpc) is 2.67. The van der Waals surface area contributed by atoms with Gasteiger partial charge in [-0.05, 0) is 19.1 Å². The molecule has 3 nitrogen and oxygen atoms in total. The number of aromatic nitrogens is 2. The third-order valence-corrected chi connectivity index (χ3v) is 2.90. The van der Waals surface area contributed by atoms with E-state index in [0.717, 1.165) is 21.1 Å². The maximum absolute atomic E-state index is 8.90. The van der Waals surface area contributed by atoms with Crippen molar-refractivity contribution in [2.45, 2.75) is 13.5 Å². The van der Waals surface area contributed by atoms with Crippen molar-refractivity contribution < 1.29 is 5.11 Å². The second-order valence-corrected chi connectivity index (χ2v) is 4.09. The minimum atomic E-state index is 0.0525. The van der Waals surface area contributed by atoms with E-state index in [1.54, 1.807) is 12.4 Å². The lowest BCUT2D eigenvalue weighted by molar-refractivity contribution is 0.285. The topological polar surface area (TPSA) is 46.0 Å². The molecule has 0 aromatic carbocycles. The Bertz CT molecular complexity index is 422. The Hall–Kier alpha value is -1.26. The third-order valence-electron chi connectivity index (χ3n) is 1.87. The lowest BCUT2D eigenvalue weighted by Crippen LogP contribution is -1.81. The van der Waals surface area contributed by atoms with Crippen molar-refractivity contribution in [3.63, 3.8) is 0 Å². The Labute approximate surface area is 86.1 Å². The Morgan fingerprint density at radius 1 is 1.29 bits per heavy atom. The van der Waals surface area contributed by atoms with Crippen molar-refractivity contribution in [1.29, 1.82) is 0 Å². The summed E-state index contributed by atoms with van der Waals surface area (Å²) in [6.45, 7) is 2.00. The van der Waals surface area contributed by atoms with Crippen LogP contribution < -0.4 is 0 Å². The zero-order valence-electron chi connectivity index (χ0n) is 7.77. The molecule has 72 valence electrons. The highest BCUT2D eigenvalue weighted by atomic mass is 32.1. The van der Waals surface area contributed by atoms with E-state index < -0.39 is 0 Å². The molecule has 4 heteroatoms. The molecule has 0 radical (unpaired) electrons. The second-order valence-electron chi connectivity index (χ2n) is 2.98. The summed E-state index contributed by atoms with van der Waals surface area (Å²) >= 11 is 1.49. The average molecular weight is 206 g/mol. The summed E-state index contributed by atoms with van der Waals surface area (Å²) in [7, 11) is 0. The molecular formula is C10H10N2OS. The standard InChI is InChI=1S/C10H10N2OS/c1-7-2-3-8(4-11-7)10-12-5-9(6-13)14-10/h2-5,13H,6H2,1H3. The number of nitrogens with zero attached hydrogens (tertiary/aromatic N) is 2. The minimum Gasteiger partial charge on any atom is -0.391 e. The van der Waals surface area contributed by atoms with Crippen LogP contribution in [0, 0.1) is 6.92 Å². The third kappa shape index (κ3) is 1.81. The number of aliphatic hydroxyl groups is 1. The zero-order valence-corrected chi connectivity index (χ0v) is 8.58. The normalized spacial score (nSPS) is 10.4. The maximum atomic E-state index is 8.90. The van der Waals surface area contributed by atoms with Gasteiger partial charge in [-0.25, -0.2) is 4.98 Å². The Morgan fingerprint density at radius 2 is 2.14 bits per heavy atom. The molecule has 0 aliphatic rings. The van der Waals surface area contributed by atoms with Crippen LogP contribution in [0.4, 0.5) is 0 Å². The first-order valence-corrected chi connectivity index (χ1v) is 5.10. The van der Waals surface area contributed by atoms with Crippen LogP contribution in [0.1, 0.15) is 10.6 Å². The molecule has 2 aromatic rings. The fraction of sp³-hybridized carbons (Fsp3) is 0.200. The van der Waals surface area contributed by atoms with Gasteiger partial charge >= 0.3 is 0 Å². The number of thiazole rings is 1. The highest BCUT2D eigenvalue weighted by Gasteiger charge is 2.03. The Morgan fingerprint density at radius 3 is 2.71 bits per heavy atom. The summed E-state index contributed by atoms with van der Waals surface area (Å²) in [4.78, 5) is 9.28. The van der Waals surface area contributed by atoms with Crippen molar-refractivity contribution in [3.05, 3.63) is 35.1 Å². The van der Waals surface area contributed by atoms with Gasteiger partial charge in [0.25, 0.3) is 0 Å². The van der Waals surface area contributed by atoms with Crippen molar-refractivity contribution in [2.75, 3.05) is 0 Å². The first kappa shape index (κ1) is 9.30. The fourth-order valence-electron chi connectivity index (χ4n) is 1.11. The lowest BCUT2D eigenvalue weighted by Gasteiger charge is -1.95. The van der Waals surface area contributed by atoms with Gasteiger partial charge in [0.05, 0.1) is 11.5 Å². The van der Waals surface area contributed by atoms with E-state index in [1.807, 2.05) is 19.1 Å². The fourth-order valence-corrected chi connectivity index (χ4v) is 1.87. The number of aliphatic hydroxyl groups excluding tert-OH is 1. The van der Waals surface area contributed by atoms with Gasteiger partial charge in [-0.3, -0.25) is 4.98 Å². The predicted molar refractivity (Wildman–Crippen MR) is 56.0 cm³/mol. The molecule has 2 aromatic heterocycles. The van der Waals surface area contributed by atoms with Gasteiger partial charge in [-0.2, -0.15) is 0 Å². The zero-order chi connectivity index (χ0) is 9.97. The molecule has 0 bridgehead atoms. The molecule has 2 rings (SSSR count). The van der Waals surface area contributed by atoms with Crippen LogP contribution in [0.15, 0.2) is 24.5 Å². The number of hydrogen-bond acceptors (Lipinski definition) is 4. The van der Waals surface area contributed by atoms with Gasteiger partial charge in [-0.15, -0.1) is 11.3 Å². The van der Waals surface area contributed by atoms with Crippen LogP contribution in [0.5, 0.6) is 0 Å². The quantitative estimate of drug-likeness (QED) is 0.817. The molecule has 1 N–H and O–H groups in total. The molecule has 0 aliphatic heterocycles. The van der Waals surface area contributed by atoms with Crippen LogP contribution in [0.25, 0.3) is 10.6 Å². The summed E-state index contributed by atoms with van der Waals surface area (Å²) in [6.07, 6.45) is 3.50. The first-order valence-electron chi connectivity index (χ1n) is 4.28. The molecule has 0 unspecified atom stereocenters. The van der Waals surface area contributed by atoms with E-state index in [2.05, 4.69) is 9.97 Å². The van der Waals surface area contributed by atoms with Crippen molar-refractivity contribution in [3.8, 4) is 10.6 Å². The van der Waals surface area contributed by atoms with Crippen LogP contribution in [-0.4, -0.2) is 15.1 Å². The number of hydrogen-bond donors (Lipinski definition) is 1. The van der Waals surface area contributed by atoms with Gasteiger partial charge in [-0.1, -0.05) is 0 Å². The van der Waals surface area contributed by atoms with Crippen molar-refractivity contribution >= 4 is 11.3 Å². The van der Waals surface area contributed by atoms with E-state index in [9.17, 15) is 0 Å². The van der Waals surface area contributed by atoms with E-state index in [4.69, 9.17) is 5.11 Å². The minimum absolute atomic E-state index is 0.0525. The number of aryl methyl sites for hydroxylation is 1. The molecular weight excluding hydrogens is 196 g/mol. The molecule has 0 spiro atoms. The molecule has 0 aliphatic carbocycles. The lowest BCUT2D eigenvalue weighted by atomic mass is 10.3. The molecule has 0 atom stereocenters. The van der Waals surface area contributed by atoms with E-state index in [1.165, 1.54) is 11.3 Å². The van der Waals surface area contributed by atoms with E-state index in [0.29, 0.717) is 0 Å². The first-order chi connectivity index (χ1) is 6.79. The van der Waals surface area contributed by atoms with Crippen molar-refractivity contribution in [1.82, 2.24) is 9.97 Å². The molecule has 0 saturated carbocycles. The number of pyridine rings is 1. The van der Waals surface area contributed by atoms with Crippen LogP contribution >= 0.6 is 11.3 Å². The Balaban J connectivity index is 2.34. The summed E-state index contributed by atoms with van der Waals surface area (Å²) in [5, 5.41) is 9.80. The molecule has 2 heterocycles. The second kappa shape index (κ2) is 3.86. The molecule has 0 fully saturated rings. The van der Waals surface area contributed by atoms with Crippen molar-refractivity contribution in [2.24, 2.45) is 0 Å². The SMILES string of the molecule is Cc1ccc(-c2ncc(CO)s2)cn1. The summed E-state index contributed by atoms with van der Waals surface area (Å²) in [6, 6.07) is 3.94. The van der Waals surface area contributed by atoms with Crippen LogP contribution in [-0.2, 0) is 6.61 Å². The van der Waals surface area contributed by atoms with Gasteiger partial charge in [0.1, 0.15) is 5.01 Å². The summed E-state index contributed by atoms with van der Waals surface area (Å²) in [5.74, 6) is 0. The largest absolute Gasteiger partial charge is 0.391 e. The molecule has 0 amide bonds. The predicted octanol–water partition coefficient (Wildman–Crippen LogP) is 2.01. The van der Waals surface area contributed by atoms with E-state index in [-0.39, 0.29) is 6.61 Å². The van der Waals surface area contributed by atoms with Gasteiger partial charge in [0.15, 0.2) is 0 Å². The summed E-state index contributed by atoms with van der Waals surface area (Å²) in [5.41, 5.74) is 1.99. The smallest absolute Gasteiger partial charge is 0.125 e. The number of rotatable bonds is 2. The maximum Gasteiger partial charge on any atom is 0.125 e. The monoisotopic (exact) mass is 206 g/mol. The molecule has 14 heavy (non-hydrogen) atoms. The Kier molecular flexibility index (Phi) is 2.56. The highest BCUT2D eigenvalue weighted by Crippen LogP contribution is 2.24. The molecule has 0 saturated heterocycles. The van der Waals surface area contributed by atoms with Gasteiger partial charge < -0.3 is 5.11 Å². The highest BCUT2D eigenvalue weighted by molar-refractivity contribution is 7.15. The van der Waals surface area contributed by atoms with Gasteiger partial charge in [0.2, 0.25) is 0 Å². The van der Waals surface area contributed by atoms with Gasteiger partial charge in [0, 0.05) is 23.7 Å².